The molecule has 0 aliphatic carbocycles. The molecule has 0 unspecified atom stereocenters. The largest absolute Gasteiger partial charge is 0.481 e. The van der Waals surface area contributed by atoms with Crippen LogP contribution in [0.4, 0.5) is 0 Å². The summed E-state index contributed by atoms with van der Waals surface area (Å²) in [5.74, 6) is 3.00. The Labute approximate surface area is 144 Å². The van der Waals surface area contributed by atoms with Crippen LogP contribution in [0.25, 0.3) is 0 Å². The van der Waals surface area contributed by atoms with Gasteiger partial charge in [-0.1, -0.05) is 12.2 Å². The molecule has 2 aliphatic heterocycles. The van der Waals surface area contributed by atoms with E-state index in [1.54, 1.807) is 7.11 Å². The molecule has 4 atom stereocenters. The first kappa shape index (κ1) is 18.8. The standard InChI is InChI=1S/C18H30O4S/c1-21-11-6-12-23-13-15-14(16-9-10-17(15)22-16)7-4-2-3-5-8-18(19)20/h2,4,14-17H,3,5-13H2,1H3,(H,19,20)/t14-,15+,16-,17+/m1/s1. The zero-order valence-corrected chi connectivity index (χ0v) is 14.9. The average Bonchev–Trinajstić information content (AvgIpc) is 3.12. The molecule has 1 N–H and O–H groups in total. The molecule has 2 heterocycles. The summed E-state index contributed by atoms with van der Waals surface area (Å²) in [5, 5.41) is 8.63. The highest BCUT2D eigenvalue weighted by Gasteiger charge is 2.47. The first-order valence-electron chi connectivity index (χ1n) is 8.81. The highest BCUT2D eigenvalue weighted by molar-refractivity contribution is 7.99. The summed E-state index contributed by atoms with van der Waals surface area (Å²) in [5.41, 5.74) is 0. The number of rotatable bonds is 12. The van der Waals surface area contributed by atoms with Gasteiger partial charge >= 0.3 is 5.97 Å². The predicted molar refractivity (Wildman–Crippen MR) is 93.9 cm³/mol. The molecule has 0 radical (unpaired) electrons. The van der Waals surface area contributed by atoms with Crippen LogP contribution in [0.3, 0.4) is 0 Å². The fraction of sp³-hybridized carbons (Fsp3) is 0.833. The molecule has 0 saturated carbocycles. The second-order valence-electron chi connectivity index (χ2n) is 6.53. The molecule has 23 heavy (non-hydrogen) atoms. The van der Waals surface area contributed by atoms with Crippen LogP contribution in [-0.4, -0.2) is 48.5 Å². The number of carboxylic acids is 1. The second kappa shape index (κ2) is 10.4. The maximum absolute atomic E-state index is 10.5. The average molecular weight is 343 g/mol. The van der Waals surface area contributed by atoms with Gasteiger partial charge in [-0.25, -0.2) is 0 Å². The maximum Gasteiger partial charge on any atom is 0.303 e. The molecule has 2 bridgehead atoms. The van der Waals surface area contributed by atoms with E-state index >= 15 is 0 Å². The van der Waals surface area contributed by atoms with Gasteiger partial charge in [0.05, 0.1) is 12.2 Å². The van der Waals surface area contributed by atoms with Gasteiger partial charge in [0.1, 0.15) is 0 Å². The van der Waals surface area contributed by atoms with E-state index in [2.05, 4.69) is 12.2 Å². The topological polar surface area (TPSA) is 55.8 Å². The van der Waals surface area contributed by atoms with Gasteiger partial charge in [0, 0.05) is 20.1 Å². The molecule has 2 saturated heterocycles. The zero-order valence-electron chi connectivity index (χ0n) is 14.1. The third-order valence-electron chi connectivity index (χ3n) is 4.87. The lowest BCUT2D eigenvalue weighted by Crippen LogP contribution is -2.28. The van der Waals surface area contributed by atoms with Crippen molar-refractivity contribution in [1.82, 2.24) is 0 Å². The number of fused-ring (bicyclic) bond motifs is 2. The summed E-state index contributed by atoms with van der Waals surface area (Å²) in [6, 6.07) is 0. The van der Waals surface area contributed by atoms with Crippen molar-refractivity contribution in [2.75, 3.05) is 25.2 Å². The monoisotopic (exact) mass is 342 g/mol. The summed E-state index contributed by atoms with van der Waals surface area (Å²) >= 11 is 2.04. The van der Waals surface area contributed by atoms with Gasteiger partial charge in [-0.15, -0.1) is 0 Å². The number of ether oxygens (including phenoxy) is 2. The normalized spacial score (nSPS) is 29.6. The molecule has 0 aromatic carbocycles. The van der Waals surface area contributed by atoms with Crippen LogP contribution in [0, 0.1) is 11.8 Å². The van der Waals surface area contributed by atoms with Crippen LogP contribution in [-0.2, 0) is 14.3 Å². The molecule has 0 aromatic heterocycles. The molecule has 0 spiro atoms. The fourth-order valence-corrected chi connectivity index (χ4v) is 4.92. The van der Waals surface area contributed by atoms with Crippen molar-refractivity contribution in [3.63, 3.8) is 0 Å². The van der Waals surface area contributed by atoms with Gasteiger partial charge in [-0.3, -0.25) is 4.79 Å². The Morgan fingerprint density at radius 3 is 2.78 bits per heavy atom. The van der Waals surface area contributed by atoms with Crippen molar-refractivity contribution in [3.05, 3.63) is 12.2 Å². The van der Waals surface area contributed by atoms with Gasteiger partial charge in [-0.05, 0) is 61.9 Å². The Morgan fingerprint density at radius 1 is 1.26 bits per heavy atom. The molecule has 4 nitrogen and oxygen atoms in total. The quantitative estimate of drug-likeness (QED) is 0.432. The van der Waals surface area contributed by atoms with E-state index in [9.17, 15) is 4.79 Å². The lowest BCUT2D eigenvalue weighted by Gasteiger charge is -2.27. The van der Waals surface area contributed by atoms with Crippen molar-refractivity contribution in [2.24, 2.45) is 11.8 Å². The Hall–Kier alpha value is -0.520. The summed E-state index contributed by atoms with van der Waals surface area (Å²) < 4.78 is 11.2. The Bertz CT molecular complexity index is 385. The van der Waals surface area contributed by atoms with Gasteiger partial charge < -0.3 is 14.6 Å². The van der Waals surface area contributed by atoms with Crippen molar-refractivity contribution >= 4 is 17.7 Å². The van der Waals surface area contributed by atoms with Gasteiger partial charge in [-0.2, -0.15) is 11.8 Å². The molecule has 2 fully saturated rings. The summed E-state index contributed by atoms with van der Waals surface area (Å²) in [6.07, 6.45) is 11.8. The molecule has 0 aromatic rings. The molecule has 132 valence electrons. The highest BCUT2D eigenvalue weighted by atomic mass is 32.2. The number of carbonyl (C=O) groups is 1. The van der Waals surface area contributed by atoms with E-state index in [4.69, 9.17) is 14.6 Å². The zero-order chi connectivity index (χ0) is 16.5. The van der Waals surface area contributed by atoms with Crippen molar-refractivity contribution in [1.29, 1.82) is 0 Å². The molecule has 5 heteroatoms. The molecular formula is C18H30O4S. The van der Waals surface area contributed by atoms with Crippen molar-refractivity contribution < 1.29 is 19.4 Å². The minimum absolute atomic E-state index is 0.266. The number of hydrogen-bond donors (Lipinski definition) is 1. The number of allylic oxidation sites excluding steroid dienone is 2. The lowest BCUT2D eigenvalue weighted by molar-refractivity contribution is -0.137. The molecular weight excluding hydrogens is 312 g/mol. The number of hydrogen-bond acceptors (Lipinski definition) is 4. The van der Waals surface area contributed by atoms with E-state index in [1.165, 1.54) is 24.3 Å². The number of unbranched alkanes of at least 4 members (excludes halogenated alkanes) is 1. The molecule has 2 rings (SSSR count). The summed E-state index contributed by atoms with van der Waals surface area (Å²) in [4.78, 5) is 10.5. The lowest BCUT2D eigenvalue weighted by atomic mass is 9.78. The van der Waals surface area contributed by atoms with Gasteiger partial charge in [0.15, 0.2) is 0 Å². The van der Waals surface area contributed by atoms with Crippen LogP contribution in [0.15, 0.2) is 12.2 Å². The first-order valence-corrected chi connectivity index (χ1v) is 9.96. The van der Waals surface area contributed by atoms with Crippen LogP contribution >= 0.6 is 11.8 Å². The maximum atomic E-state index is 10.5. The van der Waals surface area contributed by atoms with Crippen LogP contribution in [0.2, 0.25) is 0 Å². The van der Waals surface area contributed by atoms with E-state index in [0.29, 0.717) is 24.0 Å². The van der Waals surface area contributed by atoms with Gasteiger partial charge in [0.25, 0.3) is 0 Å². The van der Waals surface area contributed by atoms with E-state index < -0.39 is 5.97 Å². The third-order valence-corrected chi connectivity index (χ3v) is 6.07. The number of methoxy groups -OCH3 is 1. The highest BCUT2D eigenvalue weighted by Crippen LogP contribution is 2.46. The van der Waals surface area contributed by atoms with Gasteiger partial charge in [0.2, 0.25) is 0 Å². The second-order valence-corrected chi connectivity index (χ2v) is 7.68. The Balaban J connectivity index is 1.68. The predicted octanol–water partition coefficient (Wildman–Crippen LogP) is 3.75. The molecule has 0 amide bonds. The smallest absolute Gasteiger partial charge is 0.303 e. The minimum Gasteiger partial charge on any atom is -0.481 e. The number of aliphatic carboxylic acids is 1. The third kappa shape index (κ3) is 6.12. The minimum atomic E-state index is -0.703. The van der Waals surface area contributed by atoms with Crippen LogP contribution in [0.1, 0.15) is 44.9 Å². The molecule has 2 aliphatic rings. The first-order chi connectivity index (χ1) is 11.2. The number of thioether (sulfide) groups is 1. The van der Waals surface area contributed by atoms with E-state index in [0.717, 1.165) is 32.3 Å². The fourth-order valence-electron chi connectivity index (χ4n) is 3.70. The Morgan fingerprint density at radius 2 is 2.04 bits per heavy atom. The van der Waals surface area contributed by atoms with Crippen LogP contribution < -0.4 is 0 Å². The van der Waals surface area contributed by atoms with E-state index in [-0.39, 0.29) is 6.42 Å². The van der Waals surface area contributed by atoms with Crippen molar-refractivity contribution in [2.45, 2.75) is 57.2 Å². The summed E-state index contributed by atoms with van der Waals surface area (Å²) in [6.45, 7) is 0.850. The Kier molecular flexibility index (Phi) is 8.48. The van der Waals surface area contributed by atoms with E-state index in [1.807, 2.05) is 11.8 Å². The van der Waals surface area contributed by atoms with Crippen molar-refractivity contribution in [3.8, 4) is 0 Å². The summed E-state index contributed by atoms with van der Waals surface area (Å²) in [7, 11) is 1.76. The SMILES string of the molecule is COCCCSC[C@H]1[C@@H](CC=CCCCC(=O)O)[C@H]2CC[C@@H]1O2. The van der Waals surface area contributed by atoms with Crippen LogP contribution in [0.5, 0.6) is 0 Å². The number of carboxylic acid groups (broad SMARTS) is 1.